The first kappa shape index (κ1) is 14.3. The number of carbonyl (C=O) groups excluding carboxylic acids is 1. The molecule has 4 heteroatoms. The van der Waals surface area contributed by atoms with E-state index in [-0.39, 0.29) is 23.3 Å². The molecule has 1 atom stereocenters. The zero-order valence-electron chi connectivity index (χ0n) is 12.5. The summed E-state index contributed by atoms with van der Waals surface area (Å²) in [5.41, 5.74) is 5.84. The van der Waals surface area contributed by atoms with Gasteiger partial charge in [0.05, 0.1) is 10.9 Å². The van der Waals surface area contributed by atoms with Crippen molar-refractivity contribution in [3.05, 3.63) is 0 Å². The van der Waals surface area contributed by atoms with Crippen LogP contribution in [0.4, 0.5) is 0 Å². The van der Waals surface area contributed by atoms with Crippen LogP contribution in [0.2, 0.25) is 0 Å². The molecule has 0 radical (unpaired) electrons. The number of amides is 1. The molecule has 4 bridgehead atoms. The third-order valence-electron chi connectivity index (χ3n) is 5.68. The van der Waals surface area contributed by atoms with Crippen molar-refractivity contribution in [2.24, 2.45) is 35.3 Å². The lowest BCUT2D eigenvalue weighted by Gasteiger charge is -2.57. The fraction of sp³-hybridized carbons (Fsp3) is 0.875. The standard InChI is InChI=1S/C16H26N2OS/c1-9(2)13(14(17)20)15(19)18-16-6-10-3-11(7-16)5-12(4-10)8-16/h9-13H,3-8H2,1-2H3,(H2,17,20)(H,18,19). The summed E-state index contributed by atoms with van der Waals surface area (Å²) in [6, 6.07) is 0. The monoisotopic (exact) mass is 294 g/mol. The van der Waals surface area contributed by atoms with Crippen LogP contribution in [0.15, 0.2) is 0 Å². The summed E-state index contributed by atoms with van der Waals surface area (Å²) in [5.74, 6) is 2.42. The van der Waals surface area contributed by atoms with E-state index in [0.717, 1.165) is 17.8 Å². The molecule has 0 heterocycles. The Bertz CT molecular complexity index is 397. The molecule has 1 amide bonds. The van der Waals surface area contributed by atoms with E-state index in [1.54, 1.807) is 0 Å². The Hall–Kier alpha value is -0.640. The third kappa shape index (κ3) is 2.47. The summed E-state index contributed by atoms with van der Waals surface area (Å²) in [7, 11) is 0. The van der Waals surface area contributed by atoms with Crippen molar-refractivity contribution in [1.29, 1.82) is 0 Å². The fourth-order valence-electron chi connectivity index (χ4n) is 5.36. The molecule has 0 aromatic carbocycles. The minimum absolute atomic E-state index is 0.0593. The van der Waals surface area contributed by atoms with Gasteiger partial charge in [-0.25, -0.2) is 0 Å². The normalized spacial score (nSPS) is 39.9. The highest BCUT2D eigenvalue weighted by Gasteiger charge is 2.52. The van der Waals surface area contributed by atoms with Gasteiger partial charge in [-0.1, -0.05) is 26.1 Å². The van der Waals surface area contributed by atoms with Gasteiger partial charge in [0.25, 0.3) is 0 Å². The molecule has 1 unspecified atom stereocenters. The van der Waals surface area contributed by atoms with Gasteiger partial charge >= 0.3 is 0 Å². The average Bonchev–Trinajstić information content (AvgIpc) is 2.23. The van der Waals surface area contributed by atoms with E-state index in [4.69, 9.17) is 18.0 Å². The SMILES string of the molecule is CC(C)C(C(=O)NC12CC3CC(CC(C3)C1)C2)C(N)=S. The molecule has 0 spiro atoms. The van der Waals surface area contributed by atoms with Crippen molar-refractivity contribution >= 4 is 23.1 Å². The second kappa shape index (κ2) is 4.97. The van der Waals surface area contributed by atoms with Gasteiger partial charge in [-0.3, -0.25) is 4.79 Å². The zero-order valence-corrected chi connectivity index (χ0v) is 13.3. The predicted octanol–water partition coefficient (Wildman–Crippen LogP) is 2.63. The van der Waals surface area contributed by atoms with E-state index in [0.29, 0.717) is 4.99 Å². The van der Waals surface area contributed by atoms with E-state index in [2.05, 4.69) is 5.32 Å². The van der Waals surface area contributed by atoms with Crippen molar-refractivity contribution in [1.82, 2.24) is 5.32 Å². The van der Waals surface area contributed by atoms with Crippen LogP contribution in [0.5, 0.6) is 0 Å². The quantitative estimate of drug-likeness (QED) is 0.784. The summed E-state index contributed by atoms with van der Waals surface area (Å²) >= 11 is 5.10. The Labute approximate surface area is 127 Å². The van der Waals surface area contributed by atoms with Gasteiger partial charge in [-0.15, -0.1) is 0 Å². The number of hydrogen-bond donors (Lipinski definition) is 2. The van der Waals surface area contributed by atoms with Crippen LogP contribution in [0.1, 0.15) is 52.4 Å². The van der Waals surface area contributed by atoms with Gasteiger partial charge in [0.2, 0.25) is 5.91 Å². The van der Waals surface area contributed by atoms with Crippen molar-refractivity contribution < 1.29 is 4.79 Å². The first-order chi connectivity index (χ1) is 9.38. The number of rotatable bonds is 4. The number of thiocarbonyl (C=S) groups is 1. The molecule has 3 N–H and O–H groups in total. The van der Waals surface area contributed by atoms with E-state index in [9.17, 15) is 4.79 Å². The maximum atomic E-state index is 12.6. The van der Waals surface area contributed by atoms with Gasteiger partial charge < -0.3 is 11.1 Å². The molecule has 4 fully saturated rings. The second-order valence-corrected chi connectivity index (χ2v) is 8.28. The van der Waals surface area contributed by atoms with Crippen LogP contribution in [0.25, 0.3) is 0 Å². The number of carbonyl (C=O) groups is 1. The molecule has 4 aliphatic carbocycles. The lowest BCUT2D eigenvalue weighted by molar-refractivity contribution is -0.129. The van der Waals surface area contributed by atoms with Gasteiger partial charge in [0.1, 0.15) is 0 Å². The highest BCUT2D eigenvalue weighted by Crippen LogP contribution is 2.55. The molecule has 112 valence electrons. The molecule has 0 aromatic rings. The third-order valence-corrected chi connectivity index (χ3v) is 5.94. The number of nitrogens with two attached hydrogens (primary N) is 1. The Morgan fingerprint density at radius 2 is 1.60 bits per heavy atom. The molecule has 3 nitrogen and oxygen atoms in total. The largest absolute Gasteiger partial charge is 0.393 e. The smallest absolute Gasteiger partial charge is 0.230 e. The van der Waals surface area contributed by atoms with Gasteiger partial charge in [0.15, 0.2) is 0 Å². The molecule has 0 aliphatic heterocycles. The number of hydrogen-bond acceptors (Lipinski definition) is 2. The molecule has 0 aromatic heterocycles. The van der Waals surface area contributed by atoms with Gasteiger partial charge in [-0.2, -0.15) is 0 Å². The molecular weight excluding hydrogens is 268 g/mol. The van der Waals surface area contributed by atoms with Crippen LogP contribution in [0, 0.1) is 29.6 Å². The van der Waals surface area contributed by atoms with Crippen molar-refractivity contribution in [2.75, 3.05) is 0 Å². The number of nitrogens with one attached hydrogen (secondary N) is 1. The maximum Gasteiger partial charge on any atom is 0.230 e. The predicted molar refractivity (Wildman–Crippen MR) is 84.2 cm³/mol. The average molecular weight is 294 g/mol. The Morgan fingerprint density at radius 3 is 1.95 bits per heavy atom. The summed E-state index contributed by atoms with van der Waals surface area (Å²) < 4.78 is 0. The Balaban J connectivity index is 1.74. The second-order valence-electron chi connectivity index (χ2n) is 7.81. The maximum absolute atomic E-state index is 12.6. The summed E-state index contributed by atoms with van der Waals surface area (Å²) in [5, 5.41) is 3.38. The lowest BCUT2D eigenvalue weighted by Crippen LogP contribution is -2.61. The fourth-order valence-corrected chi connectivity index (χ4v) is 5.74. The first-order valence-corrected chi connectivity index (χ1v) is 8.41. The van der Waals surface area contributed by atoms with Crippen LogP contribution in [-0.4, -0.2) is 16.4 Å². The molecule has 4 saturated carbocycles. The van der Waals surface area contributed by atoms with Crippen LogP contribution < -0.4 is 11.1 Å². The summed E-state index contributed by atoms with van der Waals surface area (Å²) in [6.07, 6.45) is 7.68. The minimum Gasteiger partial charge on any atom is -0.393 e. The van der Waals surface area contributed by atoms with Crippen LogP contribution in [0.3, 0.4) is 0 Å². The van der Waals surface area contributed by atoms with Crippen molar-refractivity contribution in [3.63, 3.8) is 0 Å². The van der Waals surface area contributed by atoms with E-state index >= 15 is 0 Å². The van der Waals surface area contributed by atoms with Crippen molar-refractivity contribution in [2.45, 2.75) is 57.9 Å². The highest BCUT2D eigenvalue weighted by molar-refractivity contribution is 7.80. The zero-order chi connectivity index (χ0) is 14.5. The van der Waals surface area contributed by atoms with E-state index in [1.165, 1.54) is 38.5 Å². The first-order valence-electron chi connectivity index (χ1n) is 8.00. The summed E-state index contributed by atoms with van der Waals surface area (Å²) in [4.78, 5) is 13.0. The van der Waals surface area contributed by atoms with E-state index in [1.807, 2.05) is 13.8 Å². The van der Waals surface area contributed by atoms with Crippen molar-refractivity contribution in [3.8, 4) is 0 Å². The van der Waals surface area contributed by atoms with Gasteiger partial charge in [0, 0.05) is 5.54 Å². The topological polar surface area (TPSA) is 55.1 Å². The van der Waals surface area contributed by atoms with Crippen LogP contribution in [-0.2, 0) is 4.79 Å². The van der Waals surface area contributed by atoms with Crippen LogP contribution >= 0.6 is 12.2 Å². The molecule has 4 aliphatic rings. The molecule has 4 rings (SSSR count). The molecule has 20 heavy (non-hydrogen) atoms. The molecule has 0 saturated heterocycles. The minimum atomic E-state index is -0.321. The lowest BCUT2D eigenvalue weighted by atomic mass is 9.53. The summed E-state index contributed by atoms with van der Waals surface area (Å²) in [6.45, 7) is 4.03. The highest BCUT2D eigenvalue weighted by atomic mass is 32.1. The Kier molecular flexibility index (Phi) is 3.56. The Morgan fingerprint density at radius 1 is 1.15 bits per heavy atom. The van der Waals surface area contributed by atoms with E-state index < -0.39 is 0 Å². The van der Waals surface area contributed by atoms with Gasteiger partial charge in [-0.05, 0) is 62.2 Å². The molecular formula is C16H26N2OS.